The summed E-state index contributed by atoms with van der Waals surface area (Å²) in [5, 5.41) is 0. The van der Waals surface area contributed by atoms with Crippen molar-refractivity contribution in [3.8, 4) is 11.1 Å². The van der Waals surface area contributed by atoms with Gasteiger partial charge in [-0.3, -0.25) is 24.2 Å². The standard InChI is InChI=1S/C27H30N2O3/c30-25(17-28-11-3-1-4-12-28)19-7-9-21-22-10-8-20(16-24(22)27(32)23(21)15-19)26(31)18-29-13-5-2-6-14-29/h7-10,15-16H,1-6,11-14,17-18H2. The molecule has 0 unspecified atom stereocenters. The van der Waals surface area contributed by atoms with Crippen molar-refractivity contribution < 1.29 is 14.4 Å². The molecule has 0 N–H and O–H groups in total. The first-order valence-corrected chi connectivity index (χ1v) is 11.9. The van der Waals surface area contributed by atoms with Crippen LogP contribution in [0.2, 0.25) is 0 Å². The largest absolute Gasteiger partial charge is 0.296 e. The van der Waals surface area contributed by atoms with Gasteiger partial charge in [0, 0.05) is 22.3 Å². The first kappa shape index (κ1) is 21.2. The number of carbonyl (C=O) groups is 3. The number of hydrogen-bond donors (Lipinski definition) is 0. The van der Waals surface area contributed by atoms with Gasteiger partial charge in [0.1, 0.15) is 0 Å². The van der Waals surface area contributed by atoms with Crippen molar-refractivity contribution in [1.82, 2.24) is 9.80 Å². The molecule has 0 saturated carbocycles. The first-order valence-electron chi connectivity index (χ1n) is 11.9. The second-order valence-corrected chi connectivity index (χ2v) is 9.37. The summed E-state index contributed by atoms with van der Waals surface area (Å²) < 4.78 is 0. The Morgan fingerprint density at radius 3 is 1.41 bits per heavy atom. The van der Waals surface area contributed by atoms with E-state index in [-0.39, 0.29) is 17.3 Å². The molecule has 2 aromatic carbocycles. The van der Waals surface area contributed by atoms with Crippen LogP contribution in [0.15, 0.2) is 36.4 Å². The molecule has 0 radical (unpaired) electrons. The minimum absolute atomic E-state index is 0.0656. The van der Waals surface area contributed by atoms with Gasteiger partial charge in [0.25, 0.3) is 0 Å². The number of rotatable bonds is 6. The molecule has 5 nitrogen and oxygen atoms in total. The monoisotopic (exact) mass is 430 g/mol. The van der Waals surface area contributed by atoms with Gasteiger partial charge in [-0.1, -0.05) is 37.1 Å². The van der Waals surface area contributed by atoms with Crippen LogP contribution in [0.3, 0.4) is 0 Å². The van der Waals surface area contributed by atoms with Crippen LogP contribution in [-0.2, 0) is 0 Å². The van der Waals surface area contributed by atoms with Gasteiger partial charge in [-0.05, 0) is 75.1 Å². The predicted octanol–water partition coefficient (Wildman–Crippen LogP) is 4.24. The highest BCUT2D eigenvalue weighted by Gasteiger charge is 2.29. The van der Waals surface area contributed by atoms with E-state index < -0.39 is 0 Å². The molecule has 1 aliphatic carbocycles. The van der Waals surface area contributed by atoms with Gasteiger partial charge in [0.15, 0.2) is 17.3 Å². The van der Waals surface area contributed by atoms with Crippen molar-refractivity contribution in [2.45, 2.75) is 38.5 Å². The molecule has 2 aliphatic heterocycles. The molecule has 32 heavy (non-hydrogen) atoms. The fraction of sp³-hybridized carbons (Fsp3) is 0.444. The highest BCUT2D eigenvalue weighted by molar-refractivity contribution is 6.23. The molecule has 166 valence electrons. The molecule has 3 aliphatic rings. The fourth-order valence-corrected chi connectivity index (χ4v) is 5.25. The number of piperidine rings is 2. The van der Waals surface area contributed by atoms with Crippen molar-refractivity contribution in [1.29, 1.82) is 0 Å². The normalized spacial score (nSPS) is 18.9. The molecular formula is C27H30N2O3. The van der Waals surface area contributed by atoms with E-state index in [0.29, 0.717) is 35.3 Å². The van der Waals surface area contributed by atoms with Crippen LogP contribution < -0.4 is 0 Å². The summed E-state index contributed by atoms with van der Waals surface area (Å²) in [5.74, 6) is 0.0435. The molecule has 0 spiro atoms. The molecular weight excluding hydrogens is 400 g/mol. The number of hydrogen-bond acceptors (Lipinski definition) is 5. The van der Waals surface area contributed by atoms with Crippen LogP contribution in [-0.4, -0.2) is 66.4 Å². The lowest BCUT2D eigenvalue weighted by atomic mass is 9.99. The zero-order valence-electron chi connectivity index (χ0n) is 18.6. The van der Waals surface area contributed by atoms with Crippen LogP contribution in [0.4, 0.5) is 0 Å². The minimum Gasteiger partial charge on any atom is -0.296 e. The van der Waals surface area contributed by atoms with Crippen molar-refractivity contribution in [3.05, 3.63) is 58.7 Å². The van der Waals surface area contributed by atoms with Crippen molar-refractivity contribution in [2.24, 2.45) is 0 Å². The number of ketones is 3. The highest BCUT2D eigenvalue weighted by Crippen LogP contribution is 2.37. The molecule has 2 heterocycles. The van der Waals surface area contributed by atoms with E-state index >= 15 is 0 Å². The van der Waals surface area contributed by atoms with E-state index in [2.05, 4.69) is 9.80 Å². The molecule has 0 bridgehead atoms. The zero-order valence-corrected chi connectivity index (χ0v) is 18.6. The van der Waals surface area contributed by atoms with Gasteiger partial charge in [-0.2, -0.15) is 0 Å². The average Bonchev–Trinajstić information content (AvgIpc) is 3.11. The van der Waals surface area contributed by atoms with Gasteiger partial charge in [-0.25, -0.2) is 0 Å². The quantitative estimate of drug-likeness (QED) is 0.548. The van der Waals surface area contributed by atoms with Crippen LogP contribution in [0.5, 0.6) is 0 Å². The highest BCUT2D eigenvalue weighted by atomic mass is 16.1. The van der Waals surface area contributed by atoms with Crippen molar-refractivity contribution >= 4 is 17.3 Å². The Kier molecular flexibility index (Phi) is 6.03. The van der Waals surface area contributed by atoms with Crippen molar-refractivity contribution in [2.75, 3.05) is 39.3 Å². The fourth-order valence-electron chi connectivity index (χ4n) is 5.25. The summed E-state index contributed by atoms with van der Waals surface area (Å²) in [5.41, 5.74) is 4.05. The van der Waals surface area contributed by atoms with Gasteiger partial charge in [0.05, 0.1) is 13.1 Å². The Balaban J connectivity index is 1.33. The number of nitrogens with zero attached hydrogens (tertiary/aromatic N) is 2. The molecule has 0 atom stereocenters. The molecule has 5 heteroatoms. The zero-order chi connectivity index (χ0) is 22.1. The average molecular weight is 431 g/mol. The van der Waals surface area contributed by atoms with Crippen molar-refractivity contribution in [3.63, 3.8) is 0 Å². The molecule has 0 amide bonds. The number of carbonyl (C=O) groups excluding carboxylic acids is 3. The van der Waals surface area contributed by atoms with Gasteiger partial charge < -0.3 is 0 Å². The number of likely N-dealkylation sites (tertiary alicyclic amines) is 2. The van der Waals surface area contributed by atoms with Crippen LogP contribution in [0.1, 0.15) is 75.2 Å². The lowest BCUT2D eigenvalue weighted by Gasteiger charge is -2.25. The Labute approximate surface area is 189 Å². The van der Waals surface area contributed by atoms with E-state index in [1.807, 2.05) is 24.3 Å². The van der Waals surface area contributed by atoms with Crippen LogP contribution in [0.25, 0.3) is 11.1 Å². The maximum Gasteiger partial charge on any atom is 0.194 e. The van der Waals surface area contributed by atoms with Gasteiger partial charge >= 0.3 is 0 Å². The predicted molar refractivity (Wildman–Crippen MR) is 125 cm³/mol. The summed E-state index contributed by atoms with van der Waals surface area (Å²) in [4.78, 5) is 43.2. The summed E-state index contributed by atoms with van der Waals surface area (Å²) in [6.07, 6.45) is 7.04. The smallest absolute Gasteiger partial charge is 0.194 e. The third-order valence-corrected chi connectivity index (χ3v) is 7.09. The molecule has 2 aromatic rings. The summed E-state index contributed by atoms with van der Waals surface area (Å²) in [6.45, 7) is 4.69. The second kappa shape index (κ2) is 9.08. The van der Waals surface area contributed by atoms with Gasteiger partial charge in [0.2, 0.25) is 0 Å². The Hall–Kier alpha value is -2.63. The summed E-state index contributed by atoms with van der Waals surface area (Å²) in [6, 6.07) is 10.9. The van der Waals surface area contributed by atoms with E-state index in [0.717, 1.165) is 63.0 Å². The molecule has 2 saturated heterocycles. The number of benzene rings is 2. The second-order valence-electron chi connectivity index (χ2n) is 9.37. The molecule has 2 fully saturated rings. The van der Waals surface area contributed by atoms with Crippen LogP contribution >= 0.6 is 0 Å². The Morgan fingerprint density at radius 2 is 1.00 bits per heavy atom. The Morgan fingerprint density at radius 1 is 0.594 bits per heavy atom. The third-order valence-electron chi connectivity index (χ3n) is 7.09. The van der Waals surface area contributed by atoms with E-state index in [4.69, 9.17) is 0 Å². The lowest BCUT2D eigenvalue weighted by Crippen LogP contribution is -2.34. The van der Waals surface area contributed by atoms with Crippen LogP contribution in [0, 0.1) is 0 Å². The summed E-state index contributed by atoms with van der Waals surface area (Å²) in [7, 11) is 0. The third kappa shape index (κ3) is 4.19. The van der Waals surface area contributed by atoms with E-state index in [9.17, 15) is 14.4 Å². The van der Waals surface area contributed by atoms with E-state index in [1.165, 1.54) is 12.8 Å². The Bertz CT molecular complexity index is 979. The van der Waals surface area contributed by atoms with E-state index in [1.54, 1.807) is 12.1 Å². The van der Waals surface area contributed by atoms with Gasteiger partial charge in [-0.15, -0.1) is 0 Å². The maximum absolute atomic E-state index is 13.2. The minimum atomic E-state index is -0.0877. The SMILES string of the molecule is O=C(CN1CCCCC1)c1ccc2c(c1)C(=O)c1cc(C(=O)CN3CCCCC3)ccc1-2. The lowest BCUT2D eigenvalue weighted by molar-refractivity contribution is 0.0908. The number of Topliss-reactive ketones (excluding diaryl/α,β-unsaturated/α-hetero) is 2. The molecule has 0 aromatic heterocycles. The maximum atomic E-state index is 13.2. The molecule has 5 rings (SSSR count). The first-order chi connectivity index (χ1) is 15.6. The topological polar surface area (TPSA) is 57.7 Å². The number of fused-ring (bicyclic) bond motifs is 3. The summed E-state index contributed by atoms with van der Waals surface area (Å²) >= 11 is 0.